The number of nitrogens with one attached hydrogen (secondary N) is 1. The topological polar surface area (TPSA) is 119 Å². The van der Waals surface area contributed by atoms with Crippen molar-refractivity contribution in [2.75, 3.05) is 6.54 Å². The van der Waals surface area contributed by atoms with Gasteiger partial charge in [-0.3, -0.25) is 10.1 Å². The van der Waals surface area contributed by atoms with Crippen molar-refractivity contribution in [1.82, 2.24) is 5.32 Å². The molecule has 1 aromatic rings. The lowest BCUT2D eigenvalue weighted by Gasteiger charge is -2.19. The zero-order valence-electron chi connectivity index (χ0n) is 13.7. The van der Waals surface area contributed by atoms with Gasteiger partial charge >= 0.3 is 12.1 Å². The molecule has 0 fully saturated rings. The Hall–Kier alpha value is -2.90. The highest BCUT2D eigenvalue weighted by molar-refractivity contribution is 5.93. The van der Waals surface area contributed by atoms with Crippen molar-refractivity contribution in [2.24, 2.45) is 0 Å². The Morgan fingerprint density at radius 1 is 1.38 bits per heavy atom. The Labute approximate surface area is 139 Å². The number of nitro benzene ring substituents is 1. The number of carboxylic acids is 1. The molecule has 0 spiro atoms. The second-order valence-electron chi connectivity index (χ2n) is 5.96. The van der Waals surface area contributed by atoms with Gasteiger partial charge in [-0.25, -0.2) is 9.59 Å². The Balaban J connectivity index is 2.59. The summed E-state index contributed by atoms with van der Waals surface area (Å²) < 4.78 is 5.08. The molecular formula is C16H20N2O6. The molecule has 0 aliphatic carbocycles. The number of rotatable bonds is 6. The number of benzene rings is 1. The summed E-state index contributed by atoms with van der Waals surface area (Å²) in [6, 6.07) is 3.85. The number of nitrogens with zero attached hydrogens (tertiary/aromatic N) is 1. The SMILES string of the molecule is CC(C)(C)OC(=O)NCCC=Cc1ccc([N+](=O)[O-])c(C(=O)O)c1. The van der Waals surface area contributed by atoms with Crippen LogP contribution in [0.25, 0.3) is 6.08 Å². The van der Waals surface area contributed by atoms with Crippen molar-refractivity contribution in [3.05, 3.63) is 45.5 Å². The van der Waals surface area contributed by atoms with Crippen LogP contribution in [0.1, 0.15) is 43.1 Å². The normalized spacial score (nSPS) is 11.3. The highest BCUT2D eigenvalue weighted by Crippen LogP contribution is 2.20. The summed E-state index contributed by atoms with van der Waals surface area (Å²) >= 11 is 0. The molecule has 0 heterocycles. The summed E-state index contributed by atoms with van der Waals surface area (Å²) in [4.78, 5) is 32.5. The monoisotopic (exact) mass is 336 g/mol. The maximum atomic E-state index is 11.4. The van der Waals surface area contributed by atoms with Crippen molar-refractivity contribution >= 4 is 23.8 Å². The van der Waals surface area contributed by atoms with Gasteiger partial charge in [-0.15, -0.1) is 0 Å². The van der Waals surface area contributed by atoms with Crippen molar-refractivity contribution in [2.45, 2.75) is 32.8 Å². The van der Waals surface area contributed by atoms with E-state index < -0.39 is 28.3 Å². The summed E-state index contributed by atoms with van der Waals surface area (Å²) in [5, 5.41) is 22.4. The van der Waals surface area contributed by atoms with Crippen LogP contribution in [0.3, 0.4) is 0 Å². The third kappa shape index (κ3) is 6.47. The standard InChI is InChI=1S/C16H20N2O6/c1-16(2,3)24-15(21)17-9-5-4-6-11-7-8-13(18(22)23)12(10-11)14(19)20/h4,6-8,10H,5,9H2,1-3H3,(H,17,21)(H,19,20). The fourth-order valence-corrected chi connectivity index (χ4v) is 1.78. The largest absolute Gasteiger partial charge is 0.477 e. The average molecular weight is 336 g/mol. The zero-order valence-corrected chi connectivity index (χ0v) is 13.7. The Kier molecular flexibility index (Phi) is 6.46. The predicted molar refractivity (Wildman–Crippen MR) is 87.9 cm³/mol. The Morgan fingerprint density at radius 3 is 2.58 bits per heavy atom. The first-order chi connectivity index (χ1) is 11.1. The van der Waals surface area contributed by atoms with E-state index in [4.69, 9.17) is 9.84 Å². The number of carboxylic acid groups (broad SMARTS) is 1. The quantitative estimate of drug-likeness (QED) is 0.467. The van der Waals surface area contributed by atoms with Gasteiger partial charge in [0.2, 0.25) is 0 Å². The number of carbonyl (C=O) groups excluding carboxylic acids is 1. The molecule has 8 heteroatoms. The van der Waals surface area contributed by atoms with Gasteiger partial charge in [0.1, 0.15) is 11.2 Å². The van der Waals surface area contributed by atoms with Gasteiger partial charge in [0.25, 0.3) is 5.69 Å². The van der Waals surface area contributed by atoms with E-state index in [1.54, 1.807) is 32.9 Å². The van der Waals surface area contributed by atoms with Gasteiger partial charge in [0.05, 0.1) is 4.92 Å². The summed E-state index contributed by atoms with van der Waals surface area (Å²) in [7, 11) is 0. The van der Waals surface area contributed by atoms with Crippen LogP contribution in [0.2, 0.25) is 0 Å². The van der Waals surface area contributed by atoms with Gasteiger partial charge in [-0.2, -0.15) is 0 Å². The third-order valence-electron chi connectivity index (χ3n) is 2.74. The molecule has 0 aliphatic heterocycles. The van der Waals surface area contributed by atoms with Crippen LogP contribution in [-0.2, 0) is 4.74 Å². The van der Waals surface area contributed by atoms with E-state index in [9.17, 15) is 19.7 Å². The van der Waals surface area contributed by atoms with Crippen molar-refractivity contribution in [3.8, 4) is 0 Å². The van der Waals surface area contributed by atoms with E-state index in [2.05, 4.69) is 5.32 Å². The highest BCUT2D eigenvalue weighted by atomic mass is 16.6. The minimum atomic E-state index is -1.36. The minimum absolute atomic E-state index is 0.351. The molecule has 0 saturated carbocycles. The third-order valence-corrected chi connectivity index (χ3v) is 2.74. The number of carbonyl (C=O) groups is 2. The lowest BCUT2D eigenvalue weighted by molar-refractivity contribution is -0.385. The number of aromatic carboxylic acids is 1. The molecule has 2 N–H and O–H groups in total. The van der Waals surface area contributed by atoms with Gasteiger partial charge in [0.15, 0.2) is 0 Å². The number of ether oxygens (including phenoxy) is 1. The van der Waals surface area contributed by atoms with Crippen molar-refractivity contribution in [3.63, 3.8) is 0 Å². The predicted octanol–water partition coefficient (Wildman–Crippen LogP) is 3.22. The van der Waals surface area contributed by atoms with Crippen LogP contribution in [0.5, 0.6) is 0 Å². The number of nitro groups is 1. The summed E-state index contributed by atoms with van der Waals surface area (Å²) in [6.45, 7) is 5.65. The van der Waals surface area contributed by atoms with E-state index in [0.29, 0.717) is 18.5 Å². The van der Waals surface area contributed by atoms with Gasteiger partial charge in [-0.05, 0) is 44.9 Å². The molecule has 8 nitrogen and oxygen atoms in total. The van der Waals surface area contributed by atoms with E-state index in [0.717, 1.165) is 6.07 Å². The van der Waals surface area contributed by atoms with Crippen LogP contribution in [0, 0.1) is 10.1 Å². The van der Waals surface area contributed by atoms with E-state index in [-0.39, 0.29) is 5.56 Å². The van der Waals surface area contributed by atoms with Gasteiger partial charge in [0, 0.05) is 12.6 Å². The zero-order chi connectivity index (χ0) is 18.3. The molecule has 0 aromatic heterocycles. The van der Waals surface area contributed by atoms with Crippen LogP contribution >= 0.6 is 0 Å². The molecule has 0 atom stereocenters. The molecule has 0 bridgehead atoms. The number of hydrogen-bond acceptors (Lipinski definition) is 5. The lowest BCUT2D eigenvalue weighted by atomic mass is 10.1. The molecule has 1 amide bonds. The molecule has 0 radical (unpaired) electrons. The Morgan fingerprint density at radius 2 is 2.04 bits per heavy atom. The van der Waals surface area contributed by atoms with Gasteiger partial charge in [-0.1, -0.05) is 12.2 Å². The summed E-state index contributed by atoms with van der Waals surface area (Å²) in [6.07, 6.45) is 3.34. The van der Waals surface area contributed by atoms with Gasteiger partial charge < -0.3 is 15.2 Å². The minimum Gasteiger partial charge on any atom is -0.477 e. The maximum absolute atomic E-state index is 11.4. The highest BCUT2D eigenvalue weighted by Gasteiger charge is 2.19. The second kappa shape index (κ2) is 8.09. The lowest BCUT2D eigenvalue weighted by Crippen LogP contribution is -2.32. The number of hydrogen-bond donors (Lipinski definition) is 2. The smallest absolute Gasteiger partial charge is 0.407 e. The summed E-state index contributed by atoms with van der Waals surface area (Å²) in [5.41, 5.74) is -0.859. The number of alkyl carbamates (subject to hydrolysis) is 1. The molecule has 0 saturated heterocycles. The Bertz CT molecular complexity index is 661. The molecule has 24 heavy (non-hydrogen) atoms. The molecule has 1 rings (SSSR count). The van der Waals surface area contributed by atoms with Crippen molar-refractivity contribution < 1.29 is 24.4 Å². The molecule has 130 valence electrons. The summed E-state index contributed by atoms with van der Waals surface area (Å²) in [5.74, 6) is -1.36. The van der Waals surface area contributed by atoms with Crippen LogP contribution < -0.4 is 5.32 Å². The first kappa shape index (κ1) is 19.1. The fraction of sp³-hybridized carbons (Fsp3) is 0.375. The fourth-order valence-electron chi connectivity index (χ4n) is 1.78. The van der Waals surface area contributed by atoms with Crippen molar-refractivity contribution in [1.29, 1.82) is 0 Å². The average Bonchev–Trinajstić information content (AvgIpc) is 2.44. The number of amides is 1. The van der Waals surface area contributed by atoms with Crippen LogP contribution in [0.4, 0.5) is 10.5 Å². The maximum Gasteiger partial charge on any atom is 0.407 e. The first-order valence-corrected chi connectivity index (χ1v) is 7.25. The van der Waals surface area contributed by atoms with E-state index >= 15 is 0 Å². The molecule has 1 aromatic carbocycles. The molecular weight excluding hydrogens is 316 g/mol. The second-order valence-corrected chi connectivity index (χ2v) is 5.96. The van der Waals surface area contributed by atoms with Crippen LogP contribution in [-0.4, -0.2) is 34.2 Å². The first-order valence-electron chi connectivity index (χ1n) is 7.25. The van der Waals surface area contributed by atoms with Crippen LogP contribution in [0.15, 0.2) is 24.3 Å². The molecule has 0 aliphatic rings. The van der Waals surface area contributed by atoms with E-state index in [1.165, 1.54) is 12.1 Å². The van der Waals surface area contributed by atoms with E-state index in [1.807, 2.05) is 0 Å². The molecule has 0 unspecified atom stereocenters.